The molecule has 0 spiro atoms. The molecule has 0 unspecified atom stereocenters. The minimum Gasteiger partial charge on any atom is -0.487 e. The number of carbonyl (C=O) groups is 4. The molecule has 2 saturated carbocycles. The summed E-state index contributed by atoms with van der Waals surface area (Å²) in [6.07, 6.45) is 15.3. The van der Waals surface area contributed by atoms with Crippen LogP contribution in [0.4, 0.5) is 0 Å². The quantitative estimate of drug-likeness (QED) is 0.323. The van der Waals surface area contributed by atoms with Crippen molar-refractivity contribution in [3.05, 3.63) is 42.9 Å². The maximum absolute atomic E-state index is 14.3. The number of fused-ring (bicyclic) bond motifs is 3. The van der Waals surface area contributed by atoms with Gasteiger partial charge < -0.3 is 29.9 Å². The van der Waals surface area contributed by atoms with E-state index >= 15 is 0 Å². The molecule has 13 heteroatoms. The summed E-state index contributed by atoms with van der Waals surface area (Å²) in [5.74, 6) is -0.629. The lowest BCUT2D eigenvalue weighted by molar-refractivity contribution is -0.146. The fourth-order valence-corrected chi connectivity index (χ4v) is 8.00. The number of nitrogens with zero attached hydrogens (tertiary/aromatic N) is 4. The Balaban J connectivity index is 1.17. The SMILES string of the molecule is Cn1ccnc1-c1cc2nccc(O[C@@H]3C[C@H]4C(=O)N[C@]5(C(=O)O)C[C@H]5/C=C/CCCCC[C@H](NC(=O)CC5CC5)C(=O)N4C3)c2s1. The van der Waals surface area contributed by atoms with E-state index in [-0.39, 0.29) is 30.7 Å². The molecule has 0 bridgehead atoms. The normalized spacial score (nSPS) is 28.8. The van der Waals surface area contributed by atoms with Crippen molar-refractivity contribution in [3.8, 4) is 16.5 Å². The first-order valence-electron chi connectivity index (χ1n) is 16.6. The first kappa shape index (κ1) is 31.3. The number of aromatic nitrogens is 3. The Kier molecular flexibility index (Phi) is 8.50. The second-order valence-corrected chi connectivity index (χ2v) is 14.4. The number of amides is 3. The van der Waals surface area contributed by atoms with E-state index in [9.17, 15) is 24.3 Å². The zero-order valence-electron chi connectivity index (χ0n) is 26.4. The van der Waals surface area contributed by atoms with Gasteiger partial charge in [-0.1, -0.05) is 25.0 Å². The fraction of sp³-hybridized carbons (Fsp3) is 0.529. The molecule has 4 aliphatic rings. The van der Waals surface area contributed by atoms with Gasteiger partial charge in [0.1, 0.15) is 35.3 Å². The highest BCUT2D eigenvalue weighted by Gasteiger charge is 2.61. The number of rotatable bonds is 7. The third kappa shape index (κ3) is 6.50. The molecule has 3 N–H and O–H groups in total. The Hall–Kier alpha value is -4.26. The van der Waals surface area contributed by atoms with Crippen molar-refractivity contribution in [2.24, 2.45) is 18.9 Å². The first-order valence-corrected chi connectivity index (χ1v) is 17.4. The second kappa shape index (κ2) is 12.7. The van der Waals surface area contributed by atoms with Crippen LogP contribution in [0.3, 0.4) is 0 Å². The molecule has 5 atom stereocenters. The zero-order chi connectivity index (χ0) is 32.7. The molecule has 7 rings (SSSR count). The van der Waals surface area contributed by atoms with Crippen LogP contribution < -0.4 is 15.4 Å². The number of nitrogens with one attached hydrogen (secondary N) is 2. The Morgan fingerprint density at radius 1 is 1.17 bits per heavy atom. The van der Waals surface area contributed by atoms with Crippen molar-refractivity contribution in [1.29, 1.82) is 0 Å². The lowest BCUT2D eigenvalue weighted by atomic mass is 10.0. The van der Waals surface area contributed by atoms with Gasteiger partial charge in [-0.15, -0.1) is 11.3 Å². The Morgan fingerprint density at radius 2 is 2.02 bits per heavy atom. The van der Waals surface area contributed by atoms with E-state index in [1.165, 1.54) is 16.2 Å². The maximum atomic E-state index is 14.3. The molecule has 3 fully saturated rings. The van der Waals surface area contributed by atoms with Crippen molar-refractivity contribution in [2.45, 2.75) is 87.9 Å². The smallest absolute Gasteiger partial charge is 0.330 e. The Morgan fingerprint density at radius 3 is 2.79 bits per heavy atom. The van der Waals surface area contributed by atoms with Crippen molar-refractivity contribution in [1.82, 2.24) is 30.1 Å². The van der Waals surface area contributed by atoms with Gasteiger partial charge in [-0.3, -0.25) is 19.4 Å². The molecule has 12 nitrogen and oxygen atoms in total. The summed E-state index contributed by atoms with van der Waals surface area (Å²) in [4.78, 5) is 64.9. The summed E-state index contributed by atoms with van der Waals surface area (Å²) in [7, 11) is 1.93. The molecule has 0 aromatic carbocycles. The molecule has 2 aliphatic heterocycles. The molecule has 3 amide bonds. The monoisotopic (exact) mass is 660 g/mol. The van der Waals surface area contributed by atoms with E-state index in [1.807, 2.05) is 36.0 Å². The minimum absolute atomic E-state index is 0.122. The number of imidazole rings is 1. The molecule has 2 aliphatic carbocycles. The van der Waals surface area contributed by atoms with Crippen LogP contribution in [0.25, 0.3) is 20.9 Å². The number of carboxylic acid groups (broad SMARTS) is 1. The molecular weight excluding hydrogens is 620 g/mol. The van der Waals surface area contributed by atoms with Crippen molar-refractivity contribution >= 4 is 45.2 Å². The van der Waals surface area contributed by atoms with Gasteiger partial charge in [-0.2, -0.15) is 0 Å². The third-order valence-corrected chi connectivity index (χ3v) is 11.0. The van der Waals surface area contributed by atoms with Crippen LogP contribution in [-0.2, 0) is 26.2 Å². The van der Waals surface area contributed by atoms with Crippen LogP contribution in [0, 0.1) is 11.8 Å². The number of pyridine rings is 1. The van der Waals surface area contributed by atoms with Gasteiger partial charge in [-0.05, 0) is 56.6 Å². The maximum Gasteiger partial charge on any atom is 0.330 e. The first-order chi connectivity index (χ1) is 22.7. The van der Waals surface area contributed by atoms with E-state index in [2.05, 4.69) is 20.6 Å². The Bertz CT molecular complexity index is 1730. The van der Waals surface area contributed by atoms with E-state index in [4.69, 9.17) is 4.74 Å². The van der Waals surface area contributed by atoms with E-state index in [1.54, 1.807) is 18.5 Å². The fourth-order valence-electron chi connectivity index (χ4n) is 6.88. The van der Waals surface area contributed by atoms with Crippen molar-refractivity contribution in [2.75, 3.05) is 6.54 Å². The number of hydrogen-bond donors (Lipinski definition) is 3. The van der Waals surface area contributed by atoms with Crippen LogP contribution >= 0.6 is 11.3 Å². The van der Waals surface area contributed by atoms with Crippen LogP contribution in [0.15, 0.2) is 42.9 Å². The Labute approximate surface area is 276 Å². The number of thiophene rings is 1. The van der Waals surface area contributed by atoms with Gasteiger partial charge in [0.2, 0.25) is 17.7 Å². The van der Waals surface area contributed by atoms with E-state index in [0.29, 0.717) is 30.9 Å². The van der Waals surface area contributed by atoms with Crippen LogP contribution in [0.5, 0.6) is 5.75 Å². The van der Waals surface area contributed by atoms with Gasteiger partial charge >= 0.3 is 5.97 Å². The summed E-state index contributed by atoms with van der Waals surface area (Å²) in [5, 5.41) is 15.9. The van der Waals surface area contributed by atoms with Crippen LogP contribution in [0.2, 0.25) is 0 Å². The van der Waals surface area contributed by atoms with Gasteiger partial charge in [0.05, 0.1) is 21.6 Å². The van der Waals surface area contributed by atoms with Crippen molar-refractivity contribution in [3.63, 3.8) is 0 Å². The summed E-state index contributed by atoms with van der Waals surface area (Å²) in [6.45, 7) is 0.122. The number of carbonyl (C=O) groups excluding carboxylic acids is 3. The molecule has 0 radical (unpaired) electrons. The number of aryl methyl sites for hydroxylation is 1. The van der Waals surface area contributed by atoms with Gasteiger partial charge in [-0.25, -0.2) is 9.78 Å². The number of aliphatic carboxylic acids is 1. The lowest BCUT2D eigenvalue weighted by Crippen LogP contribution is -2.56. The van der Waals surface area contributed by atoms with E-state index < -0.39 is 35.6 Å². The molecule has 248 valence electrons. The second-order valence-electron chi connectivity index (χ2n) is 13.4. The molecule has 47 heavy (non-hydrogen) atoms. The highest BCUT2D eigenvalue weighted by atomic mass is 32.1. The zero-order valence-corrected chi connectivity index (χ0v) is 27.2. The van der Waals surface area contributed by atoms with Gasteiger partial charge in [0.25, 0.3) is 0 Å². The minimum atomic E-state index is -1.39. The molecule has 3 aromatic rings. The largest absolute Gasteiger partial charge is 0.487 e. The van der Waals surface area contributed by atoms with Gasteiger partial charge in [0, 0.05) is 44.4 Å². The number of allylic oxidation sites excluding steroid dienone is 1. The van der Waals surface area contributed by atoms with Crippen LogP contribution in [-0.4, -0.2) is 78.5 Å². The predicted octanol–water partition coefficient (Wildman–Crippen LogP) is 3.81. The lowest BCUT2D eigenvalue weighted by Gasteiger charge is -2.29. The number of hydrogen-bond acceptors (Lipinski definition) is 8. The number of ether oxygens (including phenoxy) is 1. The van der Waals surface area contributed by atoms with Crippen molar-refractivity contribution < 1.29 is 29.0 Å². The topological polar surface area (TPSA) is 156 Å². The summed E-state index contributed by atoms with van der Waals surface area (Å²) >= 11 is 1.50. The molecule has 1 saturated heterocycles. The summed E-state index contributed by atoms with van der Waals surface area (Å²) < 4.78 is 9.29. The summed E-state index contributed by atoms with van der Waals surface area (Å²) in [5.41, 5.74) is -0.642. The predicted molar refractivity (Wildman–Crippen MR) is 174 cm³/mol. The van der Waals surface area contributed by atoms with E-state index in [0.717, 1.165) is 59.4 Å². The average Bonchev–Trinajstić information content (AvgIpc) is 3.79. The number of carboxylic acids is 1. The third-order valence-electron chi connectivity index (χ3n) is 9.84. The highest BCUT2D eigenvalue weighted by Crippen LogP contribution is 2.45. The summed E-state index contributed by atoms with van der Waals surface area (Å²) in [6, 6.07) is 2.01. The van der Waals surface area contributed by atoms with Crippen LogP contribution in [0.1, 0.15) is 64.2 Å². The highest BCUT2D eigenvalue weighted by molar-refractivity contribution is 7.22. The van der Waals surface area contributed by atoms with Gasteiger partial charge in [0.15, 0.2) is 0 Å². The molecule has 5 heterocycles. The molecular formula is C34H40N6O6S. The average molecular weight is 661 g/mol. The molecule has 3 aromatic heterocycles. The standard InChI is InChI=1S/C34H40N6O6S/c1-39-14-13-36-30(39)27-17-24-29(47-27)26(11-12-35-24)46-22-16-25-31(42)38-34(33(44)45)18-21(34)7-5-3-2-4-6-8-23(32(43)40(25)19-22)37-28(41)15-20-9-10-20/h5,7,11-14,17,20-23,25H,2-4,6,8-10,15-16,18-19H2,1H3,(H,37,41)(H,38,42)(H,44,45)/b7-5+/t21-,22-,23+,25+,34-/m1/s1.